The summed E-state index contributed by atoms with van der Waals surface area (Å²) < 4.78 is 5.73. The van der Waals surface area contributed by atoms with Gasteiger partial charge in [-0.1, -0.05) is 56.8 Å². The highest BCUT2D eigenvalue weighted by Gasteiger charge is 2.25. The largest absolute Gasteiger partial charge is 0.493 e. The Kier molecular flexibility index (Phi) is 4.19. The quantitative estimate of drug-likeness (QED) is 0.564. The molecule has 0 saturated carbocycles. The van der Waals surface area contributed by atoms with E-state index in [1.165, 1.54) is 0 Å². The molecule has 0 spiro atoms. The van der Waals surface area contributed by atoms with E-state index in [1.54, 1.807) is 0 Å². The van der Waals surface area contributed by atoms with Gasteiger partial charge in [-0.15, -0.1) is 0 Å². The summed E-state index contributed by atoms with van der Waals surface area (Å²) in [5.41, 5.74) is 2.91. The molecule has 0 N–H and O–H groups in total. The Labute approximate surface area is 140 Å². The standard InChI is InChI=1S/C15H10BrCl3O/c16-14(13-11(18)2-1-3-12(13)19)10-7-9(17)6-8-4-5-20-15(8)10/h1-3,6-7,14H,4-5H2. The maximum atomic E-state index is 6.28. The van der Waals surface area contributed by atoms with Crippen LogP contribution in [0.5, 0.6) is 5.75 Å². The van der Waals surface area contributed by atoms with E-state index in [2.05, 4.69) is 15.9 Å². The highest BCUT2D eigenvalue weighted by molar-refractivity contribution is 9.09. The van der Waals surface area contributed by atoms with Crippen LogP contribution < -0.4 is 4.74 Å². The third-order valence-electron chi connectivity index (χ3n) is 3.30. The Bertz CT molecular complexity index is 652. The van der Waals surface area contributed by atoms with Crippen LogP contribution in [0.25, 0.3) is 0 Å². The molecular formula is C15H10BrCl3O. The topological polar surface area (TPSA) is 9.23 Å². The molecule has 0 fully saturated rings. The zero-order valence-corrected chi connectivity index (χ0v) is 14.2. The van der Waals surface area contributed by atoms with Crippen LogP contribution in [0.15, 0.2) is 30.3 Å². The summed E-state index contributed by atoms with van der Waals surface area (Å²) in [6.45, 7) is 0.679. The van der Waals surface area contributed by atoms with Crippen LogP contribution in [-0.2, 0) is 6.42 Å². The minimum Gasteiger partial charge on any atom is -0.493 e. The molecule has 1 unspecified atom stereocenters. The fourth-order valence-electron chi connectivity index (χ4n) is 2.39. The summed E-state index contributed by atoms with van der Waals surface area (Å²) in [4.78, 5) is -0.158. The van der Waals surface area contributed by atoms with Gasteiger partial charge in [-0.2, -0.15) is 0 Å². The van der Waals surface area contributed by atoms with Crippen molar-refractivity contribution in [1.82, 2.24) is 0 Å². The van der Waals surface area contributed by atoms with E-state index in [4.69, 9.17) is 39.5 Å². The molecule has 0 amide bonds. The maximum Gasteiger partial charge on any atom is 0.127 e. The van der Waals surface area contributed by atoms with Gasteiger partial charge in [0.2, 0.25) is 0 Å². The van der Waals surface area contributed by atoms with E-state index in [1.807, 2.05) is 30.3 Å². The van der Waals surface area contributed by atoms with Crippen molar-refractivity contribution in [3.63, 3.8) is 0 Å². The van der Waals surface area contributed by atoms with Gasteiger partial charge in [0.05, 0.1) is 11.4 Å². The van der Waals surface area contributed by atoms with Gasteiger partial charge in [-0.25, -0.2) is 0 Å². The molecule has 0 radical (unpaired) electrons. The molecule has 1 aliphatic heterocycles. The monoisotopic (exact) mass is 390 g/mol. The lowest BCUT2D eigenvalue weighted by Gasteiger charge is -2.17. The summed E-state index contributed by atoms with van der Waals surface area (Å²) in [7, 11) is 0. The second-order valence-corrected chi connectivity index (χ2v) is 6.75. The van der Waals surface area contributed by atoms with Gasteiger partial charge < -0.3 is 4.74 Å². The number of ether oxygens (including phenoxy) is 1. The molecule has 1 heterocycles. The van der Waals surface area contributed by atoms with Gasteiger partial charge in [0.15, 0.2) is 0 Å². The average molecular weight is 393 g/mol. The van der Waals surface area contributed by atoms with Crippen molar-refractivity contribution in [2.45, 2.75) is 11.2 Å². The van der Waals surface area contributed by atoms with Crippen molar-refractivity contribution in [3.8, 4) is 5.75 Å². The zero-order valence-electron chi connectivity index (χ0n) is 10.3. The third-order valence-corrected chi connectivity index (χ3v) is 5.13. The number of alkyl halides is 1. The second-order valence-electron chi connectivity index (χ2n) is 4.58. The van der Waals surface area contributed by atoms with Crippen molar-refractivity contribution in [2.24, 2.45) is 0 Å². The molecule has 1 atom stereocenters. The number of halogens is 4. The molecule has 2 aromatic carbocycles. The van der Waals surface area contributed by atoms with Crippen molar-refractivity contribution < 1.29 is 4.74 Å². The first-order chi connectivity index (χ1) is 9.58. The van der Waals surface area contributed by atoms with Crippen LogP contribution in [0, 0.1) is 0 Å². The lowest BCUT2D eigenvalue weighted by molar-refractivity contribution is 0.354. The molecule has 2 aromatic rings. The highest BCUT2D eigenvalue weighted by Crippen LogP contribution is 2.46. The van der Waals surface area contributed by atoms with Gasteiger partial charge >= 0.3 is 0 Å². The average Bonchev–Trinajstić information content (AvgIpc) is 2.85. The van der Waals surface area contributed by atoms with Crippen LogP contribution >= 0.6 is 50.7 Å². The van der Waals surface area contributed by atoms with Crippen molar-refractivity contribution in [2.75, 3.05) is 6.61 Å². The first kappa shape index (κ1) is 14.5. The SMILES string of the molecule is Clc1cc2c(c(C(Br)c3c(Cl)cccc3Cl)c1)OCC2. The Morgan fingerprint density at radius 2 is 1.80 bits per heavy atom. The van der Waals surface area contributed by atoms with Crippen molar-refractivity contribution >= 4 is 50.7 Å². The Morgan fingerprint density at radius 3 is 2.50 bits per heavy atom. The maximum absolute atomic E-state index is 6.28. The van der Waals surface area contributed by atoms with Crippen molar-refractivity contribution in [1.29, 1.82) is 0 Å². The fourth-order valence-corrected chi connectivity index (χ4v) is 4.36. The molecule has 0 aromatic heterocycles. The molecular weight excluding hydrogens is 382 g/mol. The van der Waals surface area contributed by atoms with E-state index >= 15 is 0 Å². The zero-order chi connectivity index (χ0) is 14.3. The normalized spacial score (nSPS) is 14.8. The molecule has 1 nitrogen and oxygen atoms in total. The number of rotatable bonds is 2. The van der Waals surface area contributed by atoms with E-state index < -0.39 is 0 Å². The lowest BCUT2D eigenvalue weighted by atomic mass is 10.0. The van der Waals surface area contributed by atoms with Gasteiger partial charge in [0.1, 0.15) is 5.75 Å². The lowest BCUT2D eigenvalue weighted by Crippen LogP contribution is -1.99. The molecule has 3 rings (SSSR count). The fraction of sp³-hybridized carbons (Fsp3) is 0.200. The van der Waals surface area contributed by atoms with Crippen LogP contribution in [0.4, 0.5) is 0 Å². The summed E-state index contributed by atoms with van der Waals surface area (Å²) in [6, 6.07) is 9.31. The second kappa shape index (κ2) is 5.76. The van der Waals surface area contributed by atoms with Crippen molar-refractivity contribution in [3.05, 3.63) is 62.1 Å². The van der Waals surface area contributed by atoms with E-state index in [-0.39, 0.29) is 4.83 Å². The van der Waals surface area contributed by atoms with Crippen LogP contribution in [0.2, 0.25) is 15.1 Å². The summed E-state index contributed by atoms with van der Waals surface area (Å²) in [6.07, 6.45) is 0.874. The number of benzene rings is 2. The smallest absolute Gasteiger partial charge is 0.127 e. The Balaban J connectivity index is 2.14. The molecule has 5 heteroatoms. The predicted octanol–water partition coefficient (Wildman–Crippen LogP) is 6.07. The molecule has 0 bridgehead atoms. The number of fused-ring (bicyclic) bond motifs is 1. The molecule has 104 valence electrons. The summed E-state index contributed by atoms with van der Waals surface area (Å²) in [5, 5.41) is 1.93. The number of hydrogen-bond acceptors (Lipinski definition) is 1. The third kappa shape index (κ3) is 2.55. The minimum atomic E-state index is -0.158. The molecule has 0 aliphatic carbocycles. The van der Waals surface area contributed by atoms with Gasteiger partial charge in [-0.3, -0.25) is 0 Å². The van der Waals surface area contributed by atoms with E-state index in [9.17, 15) is 0 Å². The van der Waals surface area contributed by atoms with Gasteiger partial charge in [0, 0.05) is 32.6 Å². The molecule has 0 saturated heterocycles. The van der Waals surface area contributed by atoms with Gasteiger partial charge in [0.25, 0.3) is 0 Å². The predicted molar refractivity (Wildman–Crippen MR) is 87.9 cm³/mol. The first-order valence-corrected chi connectivity index (χ1v) is 8.16. The van der Waals surface area contributed by atoms with E-state index in [0.717, 1.165) is 28.9 Å². The first-order valence-electron chi connectivity index (χ1n) is 6.11. The summed E-state index contributed by atoms with van der Waals surface area (Å²) >= 11 is 22.4. The number of hydrogen-bond donors (Lipinski definition) is 0. The van der Waals surface area contributed by atoms with E-state index in [0.29, 0.717) is 21.7 Å². The van der Waals surface area contributed by atoms with Crippen LogP contribution in [0.1, 0.15) is 21.5 Å². The van der Waals surface area contributed by atoms with Crippen LogP contribution in [-0.4, -0.2) is 6.61 Å². The Morgan fingerprint density at radius 1 is 1.10 bits per heavy atom. The molecule has 20 heavy (non-hydrogen) atoms. The highest BCUT2D eigenvalue weighted by atomic mass is 79.9. The Hall–Kier alpha value is -0.410. The summed E-state index contributed by atoms with van der Waals surface area (Å²) in [5.74, 6) is 0.882. The minimum absolute atomic E-state index is 0.158. The molecule has 1 aliphatic rings. The van der Waals surface area contributed by atoms with Gasteiger partial charge in [-0.05, 0) is 29.8 Å². The van der Waals surface area contributed by atoms with Crippen LogP contribution in [0.3, 0.4) is 0 Å².